The second kappa shape index (κ2) is 8.94. The molecule has 1 aliphatic heterocycles. The zero-order valence-corrected chi connectivity index (χ0v) is 18.2. The number of nitrogens with zero attached hydrogens (tertiary/aromatic N) is 4. The molecule has 0 bridgehead atoms. The van der Waals surface area contributed by atoms with Crippen molar-refractivity contribution in [2.45, 2.75) is 38.0 Å². The molecule has 0 spiro atoms. The fourth-order valence-electron chi connectivity index (χ4n) is 4.39. The lowest BCUT2D eigenvalue weighted by Gasteiger charge is -2.43. The van der Waals surface area contributed by atoms with Gasteiger partial charge in [0.15, 0.2) is 0 Å². The first-order valence-corrected chi connectivity index (χ1v) is 10.9. The summed E-state index contributed by atoms with van der Waals surface area (Å²) in [6.45, 7) is 4.04. The quantitative estimate of drug-likeness (QED) is 0.510. The normalized spacial score (nSPS) is 23.1. The third kappa shape index (κ3) is 4.15. The molecule has 0 amide bonds. The van der Waals surface area contributed by atoms with Gasteiger partial charge in [-0.05, 0) is 62.4 Å². The number of nitrogens with one attached hydrogen (secondary N) is 2. The number of hydrogen-bond donors (Lipinski definition) is 2. The van der Waals surface area contributed by atoms with Crippen LogP contribution in [0.25, 0.3) is 0 Å². The van der Waals surface area contributed by atoms with Crippen molar-refractivity contribution in [2.24, 2.45) is 0 Å². The van der Waals surface area contributed by atoms with Crippen molar-refractivity contribution in [1.82, 2.24) is 30.6 Å². The Bertz CT molecular complexity index is 1090. The highest BCUT2D eigenvalue weighted by atomic mass is 15.2. The Morgan fingerprint density at radius 3 is 1.28 bits per heavy atom. The third-order valence-corrected chi connectivity index (χ3v) is 5.85. The summed E-state index contributed by atoms with van der Waals surface area (Å²) in [6.07, 6.45) is 3.67. The predicted octanol–water partition coefficient (Wildman–Crippen LogP) is 4.34. The first-order chi connectivity index (χ1) is 15.7. The van der Waals surface area contributed by atoms with E-state index in [2.05, 4.69) is 57.0 Å². The molecular formula is C26H26N6. The molecule has 4 aromatic rings. The zero-order valence-electron chi connectivity index (χ0n) is 18.2. The number of hydrogen-bond acceptors (Lipinski definition) is 6. The van der Waals surface area contributed by atoms with Gasteiger partial charge in [0.2, 0.25) is 0 Å². The molecule has 1 fully saturated rings. The average Bonchev–Trinajstić information content (AvgIpc) is 2.84. The summed E-state index contributed by atoms with van der Waals surface area (Å²) in [5.74, 6) is 0. The Morgan fingerprint density at radius 2 is 0.906 bits per heavy atom. The van der Waals surface area contributed by atoms with Gasteiger partial charge in [-0.25, -0.2) is 0 Å². The van der Waals surface area contributed by atoms with E-state index in [1.807, 2.05) is 62.6 Å². The topological polar surface area (TPSA) is 75.6 Å². The van der Waals surface area contributed by atoms with E-state index in [0.29, 0.717) is 0 Å². The fraction of sp³-hybridized carbons (Fsp3) is 0.231. The highest BCUT2D eigenvalue weighted by molar-refractivity contribution is 5.28. The van der Waals surface area contributed by atoms with Crippen LogP contribution in [0.2, 0.25) is 0 Å². The monoisotopic (exact) mass is 422 g/mol. The first-order valence-electron chi connectivity index (χ1n) is 10.9. The molecule has 1 aliphatic rings. The van der Waals surface area contributed by atoms with Crippen LogP contribution >= 0.6 is 0 Å². The molecule has 4 atom stereocenters. The Labute approximate surface area is 188 Å². The SMILES string of the molecule is Cc1cccc([C@H]2N[C@@H](c3ccccn3)[C@H](c3cccc(C)n3)N[C@@H]2c2ccccn2)n1. The number of rotatable bonds is 4. The van der Waals surface area contributed by atoms with Gasteiger partial charge in [0.05, 0.1) is 46.9 Å². The summed E-state index contributed by atoms with van der Waals surface area (Å²) in [6, 6.07) is 24.0. The van der Waals surface area contributed by atoms with E-state index in [4.69, 9.17) is 9.97 Å². The second-order valence-corrected chi connectivity index (χ2v) is 8.16. The summed E-state index contributed by atoms with van der Waals surface area (Å²) in [7, 11) is 0. The highest BCUT2D eigenvalue weighted by Crippen LogP contribution is 2.41. The van der Waals surface area contributed by atoms with Gasteiger partial charge in [-0.3, -0.25) is 30.6 Å². The molecule has 6 nitrogen and oxygen atoms in total. The van der Waals surface area contributed by atoms with Crippen molar-refractivity contribution in [3.63, 3.8) is 0 Å². The predicted molar refractivity (Wildman–Crippen MR) is 124 cm³/mol. The Kier molecular flexibility index (Phi) is 5.71. The maximum absolute atomic E-state index is 4.85. The Morgan fingerprint density at radius 1 is 0.500 bits per heavy atom. The van der Waals surface area contributed by atoms with Crippen LogP contribution in [0, 0.1) is 13.8 Å². The number of aryl methyl sites for hydroxylation is 2. The third-order valence-electron chi connectivity index (χ3n) is 5.85. The zero-order chi connectivity index (χ0) is 21.9. The van der Waals surface area contributed by atoms with Gasteiger partial charge in [-0.1, -0.05) is 24.3 Å². The van der Waals surface area contributed by atoms with E-state index in [1.54, 1.807) is 0 Å². The molecule has 1 saturated heterocycles. The largest absolute Gasteiger partial charge is 0.297 e. The lowest BCUT2D eigenvalue weighted by molar-refractivity contribution is 0.200. The maximum atomic E-state index is 4.85. The minimum Gasteiger partial charge on any atom is -0.297 e. The molecule has 0 radical (unpaired) electrons. The molecule has 0 unspecified atom stereocenters. The van der Waals surface area contributed by atoms with E-state index in [9.17, 15) is 0 Å². The maximum Gasteiger partial charge on any atom is 0.0714 e. The molecule has 0 aliphatic carbocycles. The van der Waals surface area contributed by atoms with Crippen LogP contribution in [0.3, 0.4) is 0 Å². The number of piperazine rings is 1. The molecule has 160 valence electrons. The molecule has 32 heavy (non-hydrogen) atoms. The van der Waals surface area contributed by atoms with Crippen molar-refractivity contribution in [1.29, 1.82) is 0 Å². The van der Waals surface area contributed by atoms with Gasteiger partial charge >= 0.3 is 0 Å². The Hall–Kier alpha value is -3.48. The van der Waals surface area contributed by atoms with Crippen molar-refractivity contribution in [2.75, 3.05) is 0 Å². The van der Waals surface area contributed by atoms with E-state index in [0.717, 1.165) is 34.2 Å². The Balaban J connectivity index is 1.63. The van der Waals surface area contributed by atoms with E-state index < -0.39 is 0 Å². The van der Waals surface area contributed by atoms with Crippen LogP contribution in [0.4, 0.5) is 0 Å². The standard InChI is InChI=1S/C26H26N6/c1-17-9-7-13-21(29-17)25-23(19-11-3-5-15-27-19)32-26(22-14-8-10-18(2)30-22)24(31-25)20-12-4-6-16-28-20/h3-16,23-26,31-32H,1-2H3/t23-,24+,25-,26+. The molecule has 5 heterocycles. The van der Waals surface area contributed by atoms with Crippen LogP contribution in [-0.2, 0) is 0 Å². The smallest absolute Gasteiger partial charge is 0.0714 e. The first kappa shape index (κ1) is 20.4. The molecule has 5 rings (SSSR count). The summed E-state index contributed by atoms with van der Waals surface area (Å²) in [5, 5.41) is 7.72. The van der Waals surface area contributed by atoms with Gasteiger partial charge in [0, 0.05) is 23.8 Å². The van der Waals surface area contributed by atoms with Gasteiger partial charge in [-0.2, -0.15) is 0 Å². The van der Waals surface area contributed by atoms with Crippen molar-refractivity contribution in [3.8, 4) is 0 Å². The molecule has 0 aromatic carbocycles. The summed E-state index contributed by atoms with van der Waals surface area (Å²) in [5.41, 5.74) is 5.85. The molecular weight excluding hydrogens is 396 g/mol. The lowest BCUT2D eigenvalue weighted by atomic mass is 9.88. The van der Waals surface area contributed by atoms with Crippen LogP contribution in [0.5, 0.6) is 0 Å². The summed E-state index contributed by atoms with van der Waals surface area (Å²) >= 11 is 0. The van der Waals surface area contributed by atoms with Gasteiger partial charge in [0.25, 0.3) is 0 Å². The van der Waals surface area contributed by atoms with E-state index in [-0.39, 0.29) is 24.2 Å². The molecule has 4 aromatic heterocycles. The summed E-state index contributed by atoms with van der Waals surface area (Å²) in [4.78, 5) is 19.0. The van der Waals surface area contributed by atoms with Crippen molar-refractivity contribution in [3.05, 3.63) is 119 Å². The highest BCUT2D eigenvalue weighted by Gasteiger charge is 2.41. The van der Waals surface area contributed by atoms with Gasteiger partial charge in [0.1, 0.15) is 0 Å². The molecule has 2 N–H and O–H groups in total. The minimum atomic E-state index is -0.0854. The minimum absolute atomic E-state index is 0.0853. The molecule has 0 saturated carbocycles. The fourth-order valence-corrected chi connectivity index (χ4v) is 4.39. The molecule has 6 heteroatoms. The van der Waals surface area contributed by atoms with Crippen molar-refractivity contribution >= 4 is 0 Å². The number of pyridine rings is 4. The van der Waals surface area contributed by atoms with E-state index >= 15 is 0 Å². The summed E-state index contributed by atoms with van der Waals surface area (Å²) < 4.78 is 0. The van der Waals surface area contributed by atoms with Crippen LogP contribution in [-0.4, -0.2) is 19.9 Å². The van der Waals surface area contributed by atoms with Gasteiger partial charge < -0.3 is 0 Å². The average molecular weight is 423 g/mol. The van der Waals surface area contributed by atoms with E-state index in [1.165, 1.54) is 0 Å². The van der Waals surface area contributed by atoms with Gasteiger partial charge in [-0.15, -0.1) is 0 Å². The van der Waals surface area contributed by atoms with Crippen LogP contribution < -0.4 is 10.6 Å². The lowest BCUT2D eigenvalue weighted by Crippen LogP contribution is -2.50. The second-order valence-electron chi connectivity index (χ2n) is 8.16. The van der Waals surface area contributed by atoms with Crippen LogP contribution in [0.15, 0.2) is 85.2 Å². The van der Waals surface area contributed by atoms with Crippen molar-refractivity contribution < 1.29 is 0 Å². The number of aromatic nitrogens is 4. The van der Waals surface area contributed by atoms with Crippen LogP contribution in [0.1, 0.15) is 58.3 Å².